The third-order valence-electron chi connectivity index (χ3n) is 3.44. The summed E-state index contributed by atoms with van der Waals surface area (Å²) >= 11 is 0. The minimum absolute atomic E-state index is 0.189. The zero-order valence-corrected chi connectivity index (χ0v) is 14.6. The second-order valence-electron chi connectivity index (χ2n) is 6.03. The summed E-state index contributed by atoms with van der Waals surface area (Å²) in [6.45, 7) is 10.4. The first kappa shape index (κ1) is 19.2. The van der Waals surface area contributed by atoms with Crippen LogP contribution in [0.1, 0.15) is 51.3 Å². The fraction of sp³-hybridized carbons (Fsp3) is 0.556. The van der Waals surface area contributed by atoms with Crippen LogP contribution < -0.4 is 0 Å². The molecule has 1 rings (SSSR count). The number of hydrogen-bond acceptors (Lipinski definition) is 5. The van der Waals surface area contributed by atoms with Gasteiger partial charge in [-0.15, -0.1) is 0 Å². The average molecular weight is 322 g/mol. The van der Waals surface area contributed by atoms with Gasteiger partial charge in [0.25, 0.3) is 0 Å². The molecule has 0 aromatic heterocycles. The summed E-state index contributed by atoms with van der Waals surface area (Å²) < 4.78 is 15.9. The Balaban J connectivity index is 3.20. The fourth-order valence-corrected chi connectivity index (χ4v) is 2.55. The minimum Gasteiger partial charge on any atom is -0.461 e. The second kappa shape index (κ2) is 8.67. The first-order chi connectivity index (χ1) is 10.8. The van der Waals surface area contributed by atoms with Crippen molar-refractivity contribution < 1.29 is 23.8 Å². The van der Waals surface area contributed by atoms with E-state index in [-0.39, 0.29) is 30.6 Å². The summed E-state index contributed by atoms with van der Waals surface area (Å²) in [5.74, 6) is -0.659. The Kier molecular flexibility index (Phi) is 7.23. The normalized spacial score (nSPS) is 11.2. The van der Waals surface area contributed by atoms with Crippen molar-refractivity contribution in [2.24, 2.45) is 0 Å². The van der Waals surface area contributed by atoms with Gasteiger partial charge in [-0.25, -0.2) is 0 Å². The smallest absolute Gasteiger partial charge is 0.302 e. The Morgan fingerprint density at radius 3 is 1.87 bits per heavy atom. The van der Waals surface area contributed by atoms with Crippen LogP contribution in [-0.4, -0.2) is 25.2 Å². The van der Waals surface area contributed by atoms with Gasteiger partial charge in [0.2, 0.25) is 0 Å². The van der Waals surface area contributed by atoms with Crippen molar-refractivity contribution in [2.45, 2.75) is 53.2 Å². The first-order valence-electron chi connectivity index (χ1n) is 7.73. The maximum Gasteiger partial charge on any atom is 0.302 e. The van der Waals surface area contributed by atoms with E-state index < -0.39 is 0 Å². The Hall–Kier alpha value is -1.88. The van der Waals surface area contributed by atoms with Crippen LogP contribution in [0.3, 0.4) is 0 Å². The molecule has 0 spiro atoms. The van der Waals surface area contributed by atoms with E-state index in [1.807, 2.05) is 25.1 Å². The summed E-state index contributed by atoms with van der Waals surface area (Å²) in [6, 6.07) is 5.71. The summed E-state index contributed by atoms with van der Waals surface area (Å²) in [5.41, 5.74) is 2.49. The third kappa shape index (κ3) is 6.02. The number of hydrogen-bond donors (Lipinski definition) is 0. The van der Waals surface area contributed by atoms with Crippen LogP contribution in [-0.2, 0) is 42.4 Å². The van der Waals surface area contributed by atoms with Crippen molar-refractivity contribution >= 4 is 11.9 Å². The van der Waals surface area contributed by atoms with E-state index in [0.29, 0.717) is 13.2 Å². The van der Waals surface area contributed by atoms with Gasteiger partial charge in [0.05, 0.1) is 6.61 Å². The maximum atomic E-state index is 11.1. The molecule has 1 aromatic carbocycles. The number of rotatable bonds is 8. The van der Waals surface area contributed by atoms with Crippen LogP contribution >= 0.6 is 0 Å². The number of benzene rings is 1. The van der Waals surface area contributed by atoms with Crippen LogP contribution in [0, 0.1) is 0 Å². The average Bonchev–Trinajstić information content (AvgIpc) is 2.48. The van der Waals surface area contributed by atoms with Crippen molar-refractivity contribution in [1.29, 1.82) is 0 Å². The monoisotopic (exact) mass is 322 g/mol. The van der Waals surface area contributed by atoms with Crippen LogP contribution in [0.15, 0.2) is 18.2 Å². The van der Waals surface area contributed by atoms with Gasteiger partial charge < -0.3 is 14.2 Å². The molecule has 0 aliphatic rings. The zero-order valence-electron chi connectivity index (χ0n) is 14.6. The molecule has 128 valence electrons. The summed E-state index contributed by atoms with van der Waals surface area (Å²) in [5, 5.41) is 0. The molecular formula is C18H26O5. The lowest BCUT2D eigenvalue weighted by Crippen LogP contribution is -2.28. The molecule has 0 amide bonds. The van der Waals surface area contributed by atoms with E-state index in [1.54, 1.807) is 0 Å². The minimum atomic E-state index is -0.330. The Bertz CT molecular complexity index is 512. The molecule has 0 N–H and O–H groups in total. The highest BCUT2D eigenvalue weighted by atomic mass is 16.5. The van der Waals surface area contributed by atoms with E-state index in [2.05, 4.69) is 13.8 Å². The van der Waals surface area contributed by atoms with Crippen LogP contribution in [0.5, 0.6) is 0 Å². The van der Waals surface area contributed by atoms with Gasteiger partial charge in [-0.1, -0.05) is 32.0 Å². The molecule has 1 aromatic rings. The number of carbonyl (C=O) groups excluding carboxylic acids is 2. The standard InChI is InChI=1S/C18H26O5/c1-6-21-12-18(4,5)17-15(10-22-13(2)19)8-7-9-16(17)11-23-14(3)20/h7-9H,6,10-12H2,1-5H3. The molecule has 0 heterocycles. The van der Waals surface area contributed by atoms with Gasteiger partial charge in [0, 0.05) is 25.9 Å². The van der Waals surface area contributed by atoms with Gasteiger partial charge in [-0.2, -0.15) is 0 Å². The maximum absolute atomic E-state index is 11.1. The zero-order chi connectivity index (χ0) is 17.5. The van der Waals surface area contributed by atoms with Crippen molar-refractivity contribution in [1.82, 2.24) is 0 Å². The highest BCUT2D eigenvalue weighted by Crippen LogP contribution is 2.31. The largest absolute Gasteiger partial charge is 0.461 e. The highest BCUT2D eigenvalue weighted by molar-refractivity contribution is 5.66. The lowest BCUT2D eigenvalue weighted by Gasteiger charge is -2.30. The van der Waals surface area contributed by atoms with E-state index in [9.17, 15) is 9.59 Å². The van der Waals surface area contributed by atoms with Crippen molar-refractivity contribution in [3.63, 3.8) is 0 Å². The molecule has 23 heavy (non-hydrogen) atoms. The summed E-state index contributed by atoms with van der Waals surface area (Å²) in [4.78, 5) is 22.3. The van der Waals surface area contributed by atoms with Gasteiger partial charge in [-0.3, -0.25) is 9.59 Å². The first-order valence-corrected chi connectivity index (χ1v) is 7.73. The lowest BCUT2D eigenvalue weighted by molar-refractivity contribution is -0.142. The van der Waals surface area contributed by atoms with Crippen LogP contribution in [0.25, 0.3) is 0 Å². The molecule has 0 bridgehead atoms. The van der Waals surface area contributed by atoms with Gasteiger partial charge >= 0.3 is 11.9 Å². The van der Waals surface area contributed by atoms with Crippen LogP contribution in [0.4, 0.5) is 0 Å². The molecule has 5 heteroatoms. The van der Waals surface area contributed by atoms with Gasteiger partial charge in [-0.05, 0) is 23.6 Å². The van der Waals surface area contributed by atoms with Gasteiger partial charge in [0.1, 0.15) is 13.2 Å². The predicted molar refractivity (Wildman–Crippen MR) is 86.9 cm³/mol. The van der Waals surface area contributed by atoms with Crippen molar-refractivity contribution in [3.8, 4) is 0 Å². The fourth-order valence-electron chi connectivity index (χ4n) is 2.55. The van der Waals surface area contributed by atoms with Crippen molar-refractivity contribution in [3.05, 3.63) is 34.9 Å². The van der Waals surface area contributed by atoms with Crippen molar-refractivity contribution in [2.75, 3.05) is 13.2 Å². The van der Waals surface area contributed by atoms with Crippen LogP contribution in [0.2, 0.25) is 0 Å². The van der Waals surface area contributed by atoms with E-state index in [4.69, 9.17) is 14.2 Å². The number of carbonyl (C=O) groups is 2. The molecule has 0 fully saturated rings. The van der Waals surface area contributed by atoms with Gasteiger partial charge in [0.15, 0.2) is 0 Å². The Labute approximate surface area is 137 Å². The van der Waals surface area contributed by atoms with E-state index in [1.165, 1.54) is 13.8 Å². The van der Waals surface area contributed by atoms with E-state index in [0.717, 1.165) is 16.7 Å². The third-order valence-corrected chi connectivity index (χ3v) is 3.44. The molecule has 5 nitrogen and oxygen atoms in total. The SMILES string of the molecule is CCOCC(C)(C)c1c(COC(C)=O)cccc1COC(C)=O. The number of esters is 2. The predicted octanol–water partition coefficient (Wildman–Crippen LogP) is 3.13. The summed E-state index contributed by atoms with van der Waals surface area (Å²) in [6.07, 6.45) is 0. The highest BCUT2D eigenvalue weighted by Gasteiger charge is 2.27. The molecular weight excluding hydrogens is 296 g/mol. The quantitative estimate of drug-likeness (QED) is 0.688. The number of ether oxygens (including phenoxy) is 3. The second-order valence-corrected chi connectivity index (χ2v) is 6.03. The lowest BCUT2D eigenvalue weighted by atomic mass is 9.79. The molecule has 0 radical (unpaired) electrons. The Morgan fingerprint density at radius 1 is 1.00 bits per heavy atom. The summed E-state index contributed by atoms with van der Waals surface area (Å²) in [7, 11) is 0. The molecule has 0 saturated carbocycles. The molecule has 0 saturated heterocycles. The van der Waals surface area contributed by atoms with E-state index >= 15 is 0 Å². The topological polar surface area (TPSA) is 61.8 Å². The Morgan fingerprint density at radius 2 is 1.48 bits per heavy atom. The molecule has 0 aliphatic carbocycles. The molecule has 0 unspecified atom stereocenters. The molecule has 0 atom stereocenters. The molecule has 0 aliphatic heterocycles.